The van der Waals surface area contributed by atoms with Crippen LogP contribution in [0.4, 0.5) is 11.8 Å². The fourth-order valence-corrected chi connectivity index (χ4v) is 5.11. The number of anilines is 2. The number of nitrogens with one attached hydrogen (secondary N) is 1. The number of nitriles is 1. The van der Waals surface area contributed by atoms with Crippen molar-refractivity contribution in [3.63, 3.8) is 0 Å². The van der Waals surface area contributed by atoms with Gasteiger partial charge in [-0.2, -0.15) is 10.2 Å². The van der Waals surface area contributed by atoms with Crippen molar-refractivity contribution < 1.29 is 14.3 Å². The van der Waals surface area contributed by atoms with E-state index < -0.39 is 0 Å². The highest BCUT2D eigenvalue weighted by Crippen LogP contribution is 2.39. The van der Waals surface area contributed by atoms with E-state index in [9.17, 15) is 10.1 Å². The molecule has 0 saturated heterocycles. The molecular weight excluding hydrogens is 504 g/mol. The zero-order chi connectivity index (χ0) is 28.2. The van der Waals surface area contributed by atoms with Crippen LogP contribution in [0.2, 0.25) is 0 Å². The topological polar surface area (TPSA) is 149 Å². The highest BCUT2D eigenvalue weighted by Gasteiger charge is 2.27. The first-order valence-electron chi connectivity index (χ1n) is 12.7. The lowest BCUT2D eigenvalue weighted by Gasteiger charge is -2.29. The number of hydrogen-bond donors (Lipinski definition) is 3. The smallest absolute Gasteiger partial charge is 0.221 e. The number of ether oxygens (including phenoxy) is 2. The number of aromatic nitrogens is 2. The quantitative estimate of drug-likeness (QED) is 0.233. The Balaban J connectivity index is 1.58. The van der Waals surface area contributed by atoms with Gasteiger partial charge in [0.1, 0.15) is 5.82 Å². The van der Waals surface area contributed by atoms with E-state index in [4.69, 9.17) is 20.9 Å². The third-order valence-corrected chi connectivity index (χ3v) is 6.96. The van der Waals surface area contributed by atoms with E-state index in [2.05, 4.69) is 27.4 Å². The van der Waals surface area contributed by atoms with E-state index in [1.54, 1.807) is 30.3 Å². The number of nitrogens with zero attached hydrogens (tertiary/aromatic N) is 3. The highest BCUT2D eigenvalue weighted by molar-refractivity contribution is 6.08. The highest BCUT2D eigenvalue weighted by atomic mass is 16.5. The number of nitrogens with two attached hydrogens (primary N) is 2. The molecule has 0 spiro atoms. The Bertz CT molecular complexity index is 1670. The Morgan fingerprint density at radius 1 is 1.12 bits per heavy atom. The molecule has 0 fully saturated rings. The van der Waals surface area contributed by atoms with Crippen LogP contribution in [0.1, 0.15) is 44.2 Å². The third kappa shape index (κ3) is 4.96. The molecule has 0 aliphatic carbocycles. The molecule has 1 atom stereocenters. The van der Waals surface area contributed by atoms with Gasteiger partial charge in [-0.3, -0.25) is 4.79 Å². The van der Waals surface area contributed by atoms with E-state index in [0.29, 0.717) is 44.9 Å². The molecule has 0 saturated carbocycles. The van der Waals surface area contributed by atoms with E-state index in [1.165, 1.54) is 32.1 Å². The first-order valence-corrected chi connectivity index (χ1v) is 12.7. The number of carbonyl (C=O) groups excluding carboxylic acids is 1. The number of ketones is 1. The minimum absolute atomic E-state index is 0.0675. The summed E-state index contributed by atoms with van der Waals surface area (Å²) in [5.74, 6) is 0.915. The first-order chi connectivity index (χ1) is 19.4. The van der Waals surface area contributed by atoms with Crippen LogP contribution in [0.25, 0.3) is 17.2 Å². The second-order valence-electron chi connectivity index (χ2n) is 9.24. The van der Waals surface area contributed by atoms with Gasteiger partial charge in [-0.15, -0.1) is 0 Å². The zero-order valence-corrected chi connectivity index (χ0v) is 22.1. The number of methoxy groups -OCH3 is 2. The minimum Gasteiger partial charge on any atom is -0.493 e. The summed E-state index contributed by atoms with van der Waals surface area (Å²) in [7, 11) is 3.05. The first kappa shape index (κ1) is 26.4. The van der Waals surface area contributed by atoms with Crippen LogP contribution in [-0.4, -0.2) is 36.5 Å². The summed E-state index contributed by atoms with van der Waals surface area (Å²) in [6, 6.07) is 18.9. The lowest BCUT2D eigenvalue weighted by Crippen LogP contribution is -2.32. The summed E-state index contributed by atoms with van der Waals surface area (Å²) in [6.45, 7) is 0.743. The monoisotopic (exact) mass is 532 g/mol. The van der Waals surface area contributed by atoms with Gasteiger partial charge >= 0.3 is 0 Å². The predicted octanol–water partition coefficient (Wildman–Crippen LogP) is 4.33. The fraction of sp³-hybridized carbons (Fsp3) is 0.161. The van der Waals surface area contributed by atoms with Gasteiger partial charge in [0.15, 0.2) is 17.3 Å². The summed E-state index contributed by atoms with van der Waals surface area (Å²) in [5.41, 5.74) is 17.4. The fourth-order valence-electron chi connectivity index (χ4n) is 5.11. The summed E-state index contributed by atoms with van der Waals surface area (Å²) in [5, 5.41) is 13.5. The van der Waals surface area contributed by atoms with Gasteiger partial charge in [0.25, 0.3) is 0 Å². The molecule has 3 aromatic carbocycles. The Labute approximate surface area is 232 Å². The summed E-state index contributed by atoms with van der Waals surface area (Å²) in [4.78, 5) is 21.8. The van der Waals surface area contributed by atoms with Gasteiger partial charge < -0.3 is 26.3 Å². The van der Waals surface area contributed by atoms with Crippen molar-refractivity contribution in [3.8, 4) is 28.7 Å². The van der Waals surface area contributed by atoms with Gasteiger partial charge in [0.05, 0.1) is 31.9 Å². The second-order valence-corrected chi connectivity index (χ2v) is 9.24. The molecule has 9 heteroatoms. The lowest BCUT2D eigenvalue weighted by molar-refractivity contribution is 0.104. The molecule has 1 unspecified atom stereocenters. The van der Waals surface area contributed by atoms with Crippen LogP contribution in [0.3, 0.4) is 0 Å². The van der Waals surface area contributed by atoms with Gasteiger partial charge in [-0.25, -0.2) is 4.98 Å². The summed E-state index contributed by atoms with van der Waals surface area (Å²) < 4.78 is 11.2. The van der Waals surface area contributed by atoms with Gasteiger partial charge in [0.2, 0.25) is 5.95 Å². The van der Waals surface area contributed by atoms with Crippen molar-refractivity contribution in [1.82, 2.24) is 15.3 Å². The lowest BCUT2D eigenvalue weighted by atomic mass is 9.84. The molecule has 2 heterocycles. The molecular formula is C31H28N6O3. The molecule has 0 bridgehead atoms. The van der Waals surface area contributed by atoms with Crippen molar-refractivity contribution in [3.05, 3.63) is 100 Å². The third-order valence-electron chi connectivity index (χ3n) is 6.96. The average molecular weight is 533 g/mol. The number of rotatable bonds is 7. The van der Waals surface area contributed by atoms with Crippen LogP contribution in [0, 0.1) is 11.3 Å². The molecule has 1 aliphatic rings. The molecule has 5 rings (SSSR count). The van der Waals surface area contributed by atoms with Crippen molar-refractivity contribution in [2.24, 2.45) is 0 Å². The Kier molecular flexibility index (Phi) is 7.44. The Morgan fingerprint density at radius 3 is 2.70 bits per heavy atom. The van der Waals surface area contributed by atoms with Crippen LogP contribution in [-0.2, 0) is 6.42 Å². The number of benzene rings is 3. The van der Waals surface area contributed by atoms with E-state index in [-0.39, 0.29) is 23.6 Å². The molecule has 5 N–H and O–H groups in total. The second kappa shape index (κ2) is 11.3. The van der Waals surface area contributed by atoms with Crippen molar-refractivity contribution >= 4 is 23.6 Å². The maximum absolute atomic E-state index is 13.7. The number of allylic oxidation sites excluding steroid dienone is 1. The molecule has 40 heavy (non-hydrogen) atoms. The van der Waals surface area contributed by atoms with Gasteiger partial charge in [0, 0.05) is 35.0 Å². The summed E-state index contributed by atoms with van der Waals surface area (Å²) >= 11 is 0. The van der Waals surface area contributed by atoms with E-state index in [0.717, 1.165) is 18.5 Å². The Hall–Kier alpha value is -5.20. The zero-order valence-electron chi connectivity index (χ0n) is 22.1. The number of fused-ring (bicyclic) bond motifs is 1. The number of nitrogen functional groups attached to an aromatic ring is 2. The van der Waals surface area contributed by atoms with Crippen LogP contribution >= 0.6 is 0 Å². The standard InChI is InChI=1S/C31H28N6O3/c1-39-26-15-21(24-17-36-31(34)37-30(24)33)14-19(29(26)40-2)10-11-25(38)23-9-5-7-20(16-32)27(23)28-22-8-4-3-6-18(22)12-13-35-28/h3-11,14-15,17,28,35H,12-13H2,1-2H3,(H4,33,34,36,37). The van der Waals surface area contributed by atoms with Crippen molar-refractivity contribution in [2.75, 3.05) is 32.2 Å². The van der Waals surface area contributed by atoms with Crippen molar-refractivity contribution in [1.29, 1.82) is 5.26 Å². The molecule has 1 aromatic heterocycles. The molecule has 1 aliphatic heterocycles. The molecule has 9 nitrogen and oxygen atoms in total. The SMILES string of the molecule is COc1cc(-c2cnc(N)nc2N)cc(C=CC(=O)c2cccc(C#N)c2C2NCCc3ccccc32)c1OC. The molecule has 200 valence electrons. The maximum atomic E-state index is 13.7. The van der Waals surface area contributed by atoms with Gasteiger partial charge in [-0.05, 0) is 53.5 Å². The molecule has 0 amide bonds. The maximum Gasteiger partial charge on any atom is 0.221 e. The van der Waals surface area contributed by atoms with Crippen molar-refractivity contribution in [2.45, 2.75) is 12.5 Å². The van der Waals surface area contributed by atoms with E-state index >= 15 is 0 Å². The Morgan fingerprint density at radius 2 is 1.95 bits per heavy atom. The largest absolute Gasteiger partial charge is 0.493 e. The predicted molar refractivity (Wildman–Crippen MR) is 154 cm³/mol. The van der Waals surface area contributed by atoms with Crippen LogP contribution in [0.5, 0.6) is 11.5 Å². The summed E-state index contributed by atoms with van der Waals surface area (Å²) in [6.07, 6.45) is 5.55. The minimum atomic E-state index is -0.278. The van der Waals surface area contributed by atoms with Crippen LogP contribution in [0.15, 0.2) is 66.9 Å². The average Bonchev–Trinajstić information content (AvgIpc) is 2.98. The molecule has 4 aromatic rings. The van der Waals surface area contributed by atoms with Gasteiger partial charge in [-0.1, -0.05) is 36.4 Å². The van der Waals surface area contributed by atoms with Crippen LogP contribution < -0.4 is 26.3 Å². The normalized spacial score (nSPS) is 14.4. The number of carbonyl (C=O) groups is 1. The van der Waals surface area contributed by atoms with E-state index in [1.807, 2.05) is 24.3 Å². The molecule has 0 radical (unpaired) electrons. The number of hydrogen-bond acceptors (Lipinski definition) is 9.